The van der Waals surface area contributed by atoms with E-state index in [1.54, 1.807) is 13.8 Å². The maximum Gasteiger partial charge on any atom is 0.255 e. The quantitative estimate of drug-likeness (QED) is 0.342. The van der Waals surface area contributed by atoms with E-state index < -0.39 is 17.3 Å². The lowest BCUT2D eigenvalue weighted by molar-refractivity contribution is 0.0920. The average molecular weight is 332 g/mol. The van der Waals surface area contributed by atoms with Gasteiger partial charge in [-0.25, -0.2) is 4.39 Å². The Morgan fingerprint density at radius 2 is 2.26 bits per heavy atom. The van der Waals surface area contributed by atoms with Crippen molar-refractivity contribution in [3.05, 3.63) is 34.1 Å². The summed E-state index contributed by atoms with van der Waals surface area (Å²) in [6, 6.07) is 4.05. The molecule has 1 rings (SSSR count). The van der Waals surface area contributed by atoms with Gasteiger partial charge in [-0.05, 0) is 31.5 Å². The molecule has 1 amide bonds. The lowest BCUT2D eigenvalue weighted by atomic mass is 9.97. The second-order valence-electron chi connectivity index (χ2n) is 4.25. The number of carbonyl (C=O) groups excluding carboxylic acids is 1. The van der Waals surface area contributed by atoms with Crippen molar-refractivity contribution in [1.82, 2.24) is 5.32 Å². The SMILES string of the molecule is CCC(C)(NC(=O)c1cc(Br)ccc1F)/C(N)=N/O. The minimum absolute atomic E-state index is 0.111. The largest absolute Gasteiger partial charge is 0.409 e. The van der Waals surface area contributed by atoms with Gasteiger partial charge in [-0.2, -0.15) is 0 Å². The first kappa shape index (κ1) is 15.4. The van der Waals surface area contributed by atoms with Gasteiger partial charge >= 0.3 is 0 Å². The Labute approximate surface area is 118 Å². The van der Waals surface area contributed by atoms with E-state index in [4.69, 9.17) is 10.9 Å². The van der Waals surface area contributed by atoms with E-state index in [1.165, 1.54) is 18.2 Å². The molecule has 4 N–H and O–H groups in total. The Balaban J connectivity index is 3.05. The van der Waals surface area contributed by atoms with Gasteiger partial charge in [0.2, 0.25) is 0 Å². The van der Waals surface area contributed by atoms with Crippen LogP contribution < -0.4 is 11.1 Å². The van der Waals surface area contributed by atoms with Crippen molar-refractivity contribution in [3.63, 3.8) is 0 Å². The Kier molecular flexibility index (Phi) is 4.88. The molecule has 0 radical (unpaired) electrons. The van der Waals surface area contributed by atoms with Crippen molar-refractivity contribution in [2.45, 2.75) is 25.8 Å². The number of hydrogen-bond acceptors (Lipinski definition) is 3. The second kappa shape index (κ2) is 6.01. The highest BCUT2D eigenvalue weighted by Gasteiger charge is 2.30. The highest BCUT2D eigenvalue weighted by atomic mass is 79.9. The maximum absolute atomic E-state index is 13.6. The smallest absolute Gasteiger partial charge is 0.255 e. The molecule has 1 aromatic carbocycles. The van der Waals surface area contributed by atoms with E-state index >= 15 is 0 Å². The fraction of sp³-hybridized carbons (Fsp3) is 0.333. The van der Waals surface area contributed by atoms with E-state index in [0.29, 0.717) is 10.9 Å². The van der Waals surface area contributed by atoms with Crippen molar-refractivity contribution in [3.8, 4) is 0 Å². The Hall–Kier alpha value is -1.63. The van der Waals surface area contributed by atoms with Gasteiger partial charge in [-0.1, -0.05) is 28.0 Å². The van der Waals surface area contributed by atoms with E-state index in [0.717, 1.165) is 0 Å². The third-order valence-corrected chi connectivity index (χ3v) is 3.44. The number of amides is 1. The lowest BCUT2D eigenvalue weighted by Gasteiger charge is -2.28. The molecule has 0 bridgehead atoms. The molecule has 19 heavy (non-hydrogen) atoms. The third kappa shape index (κ3) is 3.44. The van der Waals surface area contributed by atoms with Gasteiger partial charge in [0, 0.05) is 4.47 Å². The summed E-state index contributed by atoms with van der Waals surface area (Å²) < 4.78 is 14.2. The number of nitrogens with two attached hydrogens (primary N) is 1. The van der Waals surface area contributed by atoms with Crippen LogP contribution in [0.2, 0.25) is 0 Å². The number of benzene rings is 1. The minimum atomic E-state index is -1.04. The van der Waals surface area contributed by atoms with Gasteiger partial charge in [0.05, 0.1) is 11.1 Å². The standard InChI is InChI=1S/C12H15BrFN3O2/c1-3-12(2,11(15)17-19)16-10(18)8-6-7(13)4-5-9(8)14/h4-6,19H,3H2,1-2H3,(H2,15,17)(H,16,18). The van der Waals surface area contributed by atoms with Crippen LogP contribution in [0, 0.1) is 5.82 Å². The molecule has 0 saturated carbocycles. The zero-order chi connectivity index (χ0) is 14.6. The molecule has 0 aromatic heterocycles. The van der Waals surface area contributed by atoms with Crippen LogP contribution in [-0.2, 0) is 0 Å². The molecule has 5 nitrogen and oxygen atoms in total. The van der Waals surface area contributed by atoms with E-state index in [1.807, 2.05) is 0 Å². The summed E-state index contributed by atoms with van der Waals surface area (Å²) in [7, 11) is 0. The average Bonchev–Trinajstić information content (AvgIpc) is 2.40. The van der Waals surface area contributed by atoms with Crippen LogP contribution in [0.25, 0.3) is 0 Å². The summed E-state index contributed by atoms with van der Waals surface area (Å²) >= 11 is 3.17. The molecular formula is C12H15BrFN3O2. The summed E-state index contributed by atoms with van der Waals surface area (Å²) in [5.74, 6) is -1.41. The zero-order valence-electron chi connectivity index (χ0n) is 10.6. The summed E-state index contributed by atoms with van der Waals surface area (Å²) in [4.78, 5) is 12.0. The number of rotatable bonds is 4. The number of carbonyl (C=O) groups is 1. The van der Waals surface area contributed by atoms with E-state index in [-0.39, 0.29) is 11.4 Å². The fourth-order valence-electron chi connectivity index (χ4n) is 1.43. The number of oxime groups is 1. The van der Waals surface area contributed by atoms with Gasteiger partial charge < -0.3 is 16.3 Å². The highest BCUT2D eigenvalue weighted by Crippen LogP contribution is 2.17. The van der Waals surface area contributed by atoms with Gasteiger partial charge in [-0.15, -0.1) is 0 Å². The van der Waals surface area contributed by atoms with Crippen LogP contribution in [0.5, 0.6) is 0 Å². The molecule has 1 atom stereocenters. The number of amidine groups is 1. The second-order valence-corrected chi connectivity index (χ2v) is 5.16. The lowest BCUT2D eigenvalue weighted by Crippen LogP contribution is -2.55. The summed E-state index contributed by atoms with van der Waals surface area (Å²) in [6.45, 7) is 3.35. The number of nitrogens with zero attached hydrogens (tertiary/aromatic N) is 1. The van der Waals surface area contributed by atoms with Crippen LogP contribution in [-0.4, -0.2) is 22.5 Å². The van der Waals surface area contributed by atoms with E-state index in [2.05, 4.69) is 26.4 Å². The summed E-state index contributed by atoms with van der Waals surface area (Å²) in [5.41, 5.74) is 4.39. The van der Waals surface area contributed by atoms with Gasteiger partial charge in [0.1, 0.15) is 5.82 Å². The zero-order valence-corrected chi connectivity index (χ0v) is 12.2. The van der Waals surface area contributed by atoms with Crippen molar-refractivity contribution in [2.24, 2.45) is 10.9 Å². The van der Waals surface area contributed by atoms with Crippen LogP contribution in [0.3, 0.4) is 0 Å². The van der Waals surface area contributed by atoms with E-state index in [9.17, 15) is 9.18 Å². The normalized spacial score (nSPS) is 14.8. The van der Waals surface area contributed by atoms with Crippen molar-refractivity contribution >= 4 is 27.7 Å². The molecule has 0 heterocycles. The minimum Gasteiger partial charge on any atom is -0.409 e. The van der Waals surface area contributed by atoms with Crippen LogP contribution >= 0.6 is 15.9 Å². The molecule has 1 unspecified atom stereocenters. The summed E-state index contributed by atoms with van der Waals surface area (Å²) in [5, 5.41) is 14.2. The number of hydrogen-bond donors (Lipinski definition) is 3. The molecule has 0 aliphatic carbocycles. The predicted octanol–water partition coefficient (Wildman–Crippen LogP) is 2.23. The van der Waals surface area contributed by atoms with Crippen molar-refractivity contribution in [1.29, 1.82) is 0 Å². The fourth-order valence-corrected chi connectivity index (χ4v) is 1.79. The van der Waals surface area contributed by atoms with Gasteiger partial charge in [-0.3, -0.25) is 4.79 Å². The van der Waals surface area contributed by atoms with Gasteiger partial charge in [0.15, 0.2) is 5.84 Å². The first-order valence-corrected chi connectivity index (χ1v) is 6.39. The topological polar surface area (TPSA) is 87.7 Å². The Bertz CT molecular complexity index is 522. The highest BCUT2D eigenvalue weighted by molar-refractivity contribution is 9.10. The molecule has 0 spiro atoms. The molecule has 0 saturated heterocycles. The Morgan fingerprint density at radius 1 is 1.63 bits per heavy atom. The predicted molar refractivity (Wildman–Crippen MR) is 73.7 cm³/mol. The van der Waals surface area contributed by atoms with Gasteiger partial charge in [0.25, 0.3) is 5.91 Å². The first-order chi connectivity index (χ1) is 8.84. The molecule has 0 aliphatic heterocycles. The monoisotopic (exact) mass is 331 g/mol. The van der Waals surface area contributed by atoms with Crippen LogP contribution in [0.15, 0.2) is 27.8 Å². The maximum atomic E-state index is 13.6. The molecule has 1 aromatic rings. The molecule has 0 aliphatic rings. The summed E-state index contributed by atoms with van der Waals surface area (Å²) in [6.07, 6.45) is 0.393. The number of halogens is 2. The first-order valence-electron chi connectivity index (χ1n) is 5.59. The third-order valence-electron chi connectivity index (χ3n) is 2.94. The molecular weight excluding hydrogens is 317 g/mol. The molecule has 104 valence electrons. The Morgan fingerprint density at radius 3 is 2.79 bits per heavy atom. The molecule has 7 heteroatoms. The van der Waals surface area contributed by atoms with Crippen LogP contribution in [0.4, 0.5) is 4.39 Å². The van der Waals surface area contributed by atoms with Crippen molar-refractivity contribution in [2.75, 3.05) is 0 Å². The molecule has 0 fully saturated rings. The van der Waals surface area contributed by atoms with Crippen molar-refractivity contribution < 1.29 is 14.4 Å². The number of nitrogens with one attached hydrogen (secondary N) is 1. The van der Waals surface area contributed by atoms with Crippen LogP contribution in [0.1, 0.15) is 30.6 Å².